The van der Waals surface area contributed by atoms with Crippen LogP contribution in [0.4, 0.5) is 5.69 Å². The second-order valence-electron chi connectivity index (χ2n) is 8.53. The maximum Gasteiger partial charge on any atom is 0.326 e. The van der Waals surface area contributed by atoms with Gasteiger partial charge in [-0.2, -0.15) is 0 Å². The molecule has 35 heavy (non-hydrogen) atoms. The quantitative estimate of drug-likeness (QED) is 0.563. The van der Waals surface area contributed by atoms with Crippen molar-refractivity contribution in [3.8, 4) is 22.6 Å². The number of anilines is 1. The minimum absolute atomic E-state index is 0.0124. The van der Waals surface area contributed by atoms with E-state index in [1.165, 1.54) is 4.90 Å². The lowest BCUT2D eigenvalue weighted by Gasteiger charge is -2.21. The van der Waals surface area contributed by atoms with E-state index < -0.39 is 12.0 Å². The van der Waals surface area contributed by atoms with Gasteiger partial charge in [-0.15, -0.1) is 0 Å². The molecule has 2 amide bonds. The molecule has 2 aliphatic heterocycles. The summed E-state index contributed by atoms with van der Waals surface area (Å²) in [5.41, 5.74) is 3.72. The number of hydrogen-bond acceptors (Lipinski definition) is 5. The molecule has 178 valence electrons. The summed E-state index contributed by atoms with van der Waals surface area (Å²) in [7, 11) is 0. The lowest BCUT2D eigenvalue weighted by atomic mass is 10.0. The molecule has 0 aromatic heterocycles. The van der Waals surface area contributed by atoms with Crippen LogP contribution in [0.5, 0.6) is 11.5 Å². The Hall–Kier alpha value is -4.33. The van der Waals surface area contributed by atoms with Crippen molar-refractivity contribution < 1.29 is 29.0 Å². The van der Waals surface area contributed by atoms with E-state index in [4.69, 9.17) is 9.47 Å². The lowest BCUT2D eigenvalue weighted by Crippen LogP contribution is -2.40. The van der Waals surface area contributed by atoms with Gasteiger partial charge in [-0.05, 0) is 54.3 Å². The number of carbonyl (C=O) groups is 3. The van der Waals surface area contributed by atoms with Gasteiger partial charge in [0.1, 0.15) is 18.4 Å². The molecule has 1 fully saturated rings. The van der Waals surface area contributed by atoms with Gasteiger partial charge in [-0.25, -0.2) is 4.79 Å². The first-order valence-electron chi connectivity index (χ1n) is 11.4. The van der Waals surface area contributed by atoms with Gasteiger partial charge in [0.2, 0.25) is 0 Å². The molecule has 2 heterocycles. The highest BCUT2D eigenvalue weighted by atomic mass is 16.5. The number of aliphatic carboxylic acids is 1. The standard InChI is InChI=1S/C27H24N2O6/c30-24-16-35-25-21(6-2-7-22(25)28-24)18-9-11-20(12-10-18)34-15-17-4-1-5-19(14-17)26(31)29-13-3-8-23(29)27(32)33/h1-2,4-7,9-12,14,23H,3,8,13,15-16H2,(H,28,30)(H,32,33)/t23-/m0/s1. The second kappa shape index (κ2) is 9.50. The summed E-state index contributed by atoms with van der Waals surface area (Å²) in [6.07, 6.45) is 1.17. The van der Waals surface area contributed by atoms with Gasteiger partial charge in [-0.1, -0.05) is 36.4 Å². The van der Waals surface area contributed by atoms with Gasteiger partial charge >= 0.3 is 5.97 Å². The smallest absolute Gasteiger partial charge is 0.326 e. The zero-order valence-corrected chi connectivity index (χ0v) is 18.9. The first-order valence-corrected chi connectivity index (χ1v) is 11.4. The van der Waals surface area contributed by atoms with Crippen molar-refractivity contribution in [3.63, 3.8) is 0 Å². The Balaban J connectivity index is 1.26. The summed E-state index contributed by atoms with van der Waals surface area (Å²) in [5.74, 6) is -0.108. The molecule has 0 bridgehead atoms. The molecular weight excluding hydrogens is 448 g/mol. The molecule has 1 saturated heterocycles. The number of para-hydroxylation sites is 1. The van der Waals surface area contributed by atoms with Crippen molar-refractivity contribution >= 4 is 23.5 Å². The monoisotopic (exact) mass is 472 g/mol. The Morgan fingerprint density at radius 3 is 2.69 bits per heavy atom. The molecule has 0 radical (unpaired) electrons. The van der Waals surface area contributed by atoms with Crippen molar-refractivity contribution in [1.29, 1.82) is 0 Å². The molecule has 0 unspecified atom stereocenters. The van der Waals surface area contributed by atoms with Crippen LogP contribution in [-0.2, 0) is 16.2 Å². The van der Waals surface area contributed by atoms with Gasteiger partial charge in [-0.3, -0.25) is 9.59 Å². The molecule has 0 aliphatic carbocycles. The van der Waals surface area contributed by atoms with Crippen molar-refractivity contribution in [2.24, 2.45) is 0 Å². The van der Waals surface area contributed by atoms with Crippen LogP contribution >= 0.6 is 0 Å². The van der Waals surface area contributed by atoms with Crippen LogP contribution in [0.25, 0.3) is 11.1 Å². The number of carbonyl (C=O) groups excluding carboxylic acids is 2. The molecule has 8 heteroatoms. The van der Waals surface area contributed by atoms with Crippen molar-refractivity contribution in [3.05, 3.63) is 77.9 Å². The van der Waals surface area contributed by atoms with Gasteiger partial charge in [0.05, 0.1) is 5.69 Å². The van der Waals surface area contributed by atoms with E-state index in [9.17, 15) is 19.5 Å². The third kappa shape index (κ3) is 4.68. The topological polar surface area (TPSA) is 105 Å². The van der Waals surface area contributed by atoms with Crippen LogP contribution in [0.3, 0.4) is 0 Å². The number of ether oxygens (including phenoxy) is 2. The van der Waals surface area contributed by atoms with E-state index in [0.29, 0.717) is 42.1 Å². The molecule has 3 aromatic rings. The van der Waals surface area contributed by atoms with Gasteiger partial charge < -0.3 is 24.8 Å². The molecule has 5 rings (SSSR count). The summed E-state index contributed by atoms with van der Waals surface area (Å²) in [6, 6.07) is 19.5. The Morgan fingerprint density at radius 2 is 1.89 bits per heavy atom. The van der Waals surface area contributed by atoms with Crippen molar-refractivity contribution in [2.45, 2.75) is 25.5 Å². The van der Waals surface area contributed by atoms with Crippen LogP contribution < -0.4 is 14.8 Å². The Bertz CT molecular complexity index is 1290. The Labute approximate surface area is 202 Å². The Kier molecular flexibility index (Phi) is 6.10. The highest BCUT2D eigenvalue weighted by Crippen LogP contribution is 2.38. The predicted molar refractivity (Wildman–Crippen MR) is 128 cm³/mol. The average Bonchev–Trinajstić information content (AvgIpc) is 3.37. The van der Waals surface area contributed by atoms with Gasteiger partial charge in [0.25, 0.3) is 11.8 Å². The second-order valence-corrected chi connectivity index (χ2v) is 8.53. The van der Waals surface area contributed by atoms with Crippen LogP contribution in [0.15, 0.2) is 66.7 Å². The third-order valence-electron chi connectivity index (χ3n) is 6.18. The highest BCUT2D eigenvalue weighted by molar-refractivity contribution is 5.98. The molecule has 1 atom stereocenters. The summed E-state index contributed by atoms with van der Waals surface area (Å²) in [6.45, 7) is 0.700. The summed E-state index contributed by atoms with van der Waals surface area (Å²) < 4.78 is 11.6. The number of hydrogen-bond donors (Lipinski definition) is 2. The minimum atomic E-state index is -0.967. The number of nitrogens with zero attached hydrogens (tertiary/aromatic N) is 1. The third-order valence-corrected chi connectivity index (χ3v) is 6.18. The fourth-order valence-electron chi connectivity index (χ4n) is 4.47. The fourth-order valence-corrected chi connectivity index (χ4v) is 4.47. The Morgan fingerprint density at radius 1 is 1.09 bits per heavy atom. The van der Waals surface area contributed by atoms with Crippen molar-refractivity contribution in [2.75, 3.05) is 18.5 Å². The minimum Gasteiger partial charge on any atom is -0.489 e. The van der Waals surface area contributed by atoms with Crippen LogP contribution in [0, 0.1) is 0 Å². The number of rotatable bonds is 6. The van der Waals surface area contributed by atoms with E-state index in [0.717, 1.165) is 16.7 Å². The van der Waals surface area contributed by atoms with Crippen molar-refractivity contribution in [1.82, 2.24) is 4.90 Å². The number of amides is 2. The molecule has 8 nitrogen and oxygen atoms in total. The maximum absolute atomic E-state index is 12.9. The van der Waals surface area contributed by atoms with Crippen LogP contribution in [0.1, 0.15) is 28.8 Å². The van der Waals surface area contributed by atoms with Gasteiger partial charge in [0, 0.05) is 17.7 Å². The molecule has 3 aromatic carbocycles. The van der Waals surface area contributed by atoms with E-state index in [1.807, 2.05) is 42.5 Å². The van der Waals surface area contributed by atoms with E-state index in [1.54, 1.807) is 24.3 Å². The number of fused-ring (bicyclic) bond motifs is 1. The van der Waals surface area contributed by atoms with E-state index in [2.05, 4.69) is 5.32 Å². The van der Waals surface area contributed by atoms with Gasteiger partial charge in [0.15, 0.2) is 12.4 Å². The zero-order chi connectivity index (χ0) is 24.4. The molecule has 2 N–H and O–H groups in total. The highest BCUT2D eigenvalue weighted by Gasteiger charge is 2.34. The van der Waals surface area contributed by atoms with Crippen LogP contribution in [-0.4, -0.2) is 47.0 Å². The first kappa shape index (κ1) is 22.5. The zero-order valence-electron chi connectivity index (χ0n) is 18.9. The fraction of sp³-hybridized carbons (Fsp3) is 0.222. The summed E-state index contributed by atoms with van der Waals surface area (Å²) >= 11 is 0. The molecule has 2 aliphatic rings. The maximum atomic E-state index is 12.9. The average molecular weight is 472 g/mol. The number of carboxylic acids is 1. The SMILES string of the molecule is O=C1COc2c(cccc2-c2ccc(OCc3cccc(C(=O)N4CCC[C@H]4C(=O)O)c3)cc2)N1. The number of benzene rings is 3. The summed E-state index contributed by atoms with van der Waals surface area (Å²) in [4.78, 5) is 37.3. The number of likely N-dealkylation sites (tertiary alicyclic amines) is 1. The van der Waals surface area contributed by atoms with E-state index in [-0.39, 0.29) is 25.0 Å². The number of nitrogens with one attached hydrogen (secondary N) is 1. The number of carboxylic acid groups (broad SMARTS) is 1. The molecule has 0 saturated carbocycles. The predicted octanol–water partition coefficient (Wildman–Crippen LogP) is 3.95. The normalized spacial score (nSPS) is 16.7. The lowest BCUT2D eigenvalue weighted by molar-refractivity contribution is -0.141. The molecule has 0 spiro atoms. The largest absolute Gasteiger partial charge is 0.489 e. The van der Waals surface area contributed by atoms with Crippen LogP contribution in [0.2, 0.25) is 0 Å². The summed E-state index contributed by atoms with van der Waals surface area (Å²) in [5, 5.41) is 12.2. The molecular formula is C27H24N2O6. The first-order chi connectivity index (χ1) is 17.0. The van der Waals surface area contributed by atoms with E-state index >= 15 is 0 Å².